The zero-order valence-corrected chi connectivity index (χ0v) is 33.8. The molecule has 12 rings (SSSR count). The molecule has 0 radical (unpaired) electrons. The van der Waals surface area contributed by atoms with E-state index >= 15 is 0 Å². The Morgan fingerprint density at radius 3 is 1.44 bits per heavy atom. The van der Waals surface area contributed by atoms with Crippen molar-refractivity contribution in [3.8, 4) is 33.4 Å². The SMILES string of the molecule is CC1(C)c2ccccc2-c2cc(N(c3cccc(-c4cccc5c4ccc4ccc6ccc7ccccc7c6c45)c3)c3ccc4c(c3)-c3ccccc3C4(C)C)ccc21. The molecule has 0 aliphatic heterocycles. The molecule has 59 heavy (non-hydrogen) atoms. The largest absolute Gasteiger partial charge is 0.310 e. The van der Waals surface area contributed by atoms with Crippen LogP contribution in [0.4, 0.5) is 17.1 Å². The Bertz CT molecular complexity index is 3290. The number of nitrogens with zero attached hydrogens (tertiary/aromatic N) is 1. The molecule has 0 spiro atoms. The van der Waals surface area contributed by atoms with E-state index in [-0.39, 0.29) is 10.8 Å². The Kier molecular flexibility index (Phi) is 7.10. The second-order valence-corrected chi connectivity index (χ2v) is 17.7. The highest BCUT2D eigenvalue weighted by molar-refractivity contribution is 6.28. The molecule has 0 fully saturated rings. The minimum atomic E-state index is -0.0613. The third kappa shape index (κ3) is 4.85. The number of anilines is 3. The first kappa shape index (κ1) is 34.1. The summed E-state index contributed by atoms with van der Waals surface area (Å²) in [5, 5.41) is 10.3. The van der Waals surface area contributed by atoms with Gasteiger partial charge in [-0.2, -0.15) is 0 Å². The fraction of sp³-hybridized carbons (Fsp3) is 0.103. The third-order valence-corrected chi connectivity index (χ3v) is 13.8. The molecule has 0 saturated heterocycles. The second kappa shape index (κ2) is 12.3. The molecule has 2 aliphatic rings. The Morgan fingerprint density at radius 1 is 0.305 bits per heavy atom. The molecule has 2 aliphatic carbocycles. The van der Waals surface area contributed by atoms with Crippen LogP contribution in [0.3, 0.4) is 0 Å². The maximum atomic E-state index is 2.48. The maximum absolute atomic E-state index is 2.48. The third-order valence-electron chi connectivity index (χ3n) is 13.8. The van der Waals surface area contributed by atoms with E-state index in [9.17, 15) is 0 Å². The van der Waals surface area contributed by atoms with Gasteiger partial charge in [0.05, 0.1) is 0 Å². The zero-order valence-electron chi connectivity index (χ0n) is 33.8. The van der Waals surface area contributed by atoms with Gasteiger partial charge >= 0.3 is 0 Å². The van der Waals surface area contributed by atoms with E-state index in [4.69, 9.17) is 0 Å². The Labute approximate surface area is 345 Å². The Hall–Kier alpha value is -6.96. The number of hydrogen-bond donors (Lipinski definition) is 0. The van der Waals surface area contributed by atoms with Crippen LogP contribution in [-0.2, 0) is 10.8 Å². The van der Waals surface area contributed by atoms with E-state index in [1.807, 2.05) is 0 Å². The van der Waals surface area contributed by atoms with Crippen LogP contribution >= 0.6 is 0 Å². The number of fused-ring (bicyclic) bond motifs is 13. The van der Waals surface area contributed by atoms with Crippen molar-refractivity contribution in [1.82, 2.24) is 0 Å². The number of benzene rings is 10. The Balaban J connectivity index is 1.07. The van der Waals surface area contributed by atoms with Gasteiger partial charge in [-0.3, -0.25) is 0 Å². The summed E-state index contributed by atoms with van der Waals surface area (Å²) in [6.45, 7) is 9.43. The summed E-state index contributed by atoms with van der Waals surface area (Å²) in [4.78, 5) is 2.48. The van der Waals surface area contributed by atoms with Crippen molar-refractivity contribution in [2.24, 2.45) is 0 Å². The molecule has 0 aromatic heterocycles. The summed E-state index contributed by atoms with van der Waals surface area (Å²) in [5.74, 6) is 0. The topological polar surface area (TPSA) is 3.24 Å². The predicted octanol–water partition coefficient (Wildman–Crippen LogP) is 16.0. The molecular formula is C58H43N. The van der Waals surface area contributed by atoms with E-state index in [2.05, 4.69) is 221 Å². The lowest BCUT2D eigenvalue weighted by Gasteiger charge is -2.29. The molecule has 10 aromatic carbocycles. The van der Waals surface area contributed by atoms with Gasteiger partial charge < -0.3 is 4.90 Å². The van der Waals surface area contributed by atoms with Crippen LogP contribution < -0.4 is 4.90 Å². The van der Waals surface area contributed by atoms with Gasteiger partial charge in [0.15, 0.2) is 0 Å². The highest BCUT2D eigenvalue weighted by Crippen LogP contribution is 2.53. The van der Waals surface area contributed by atoms with Crippen molar-refractivity contribution in [2.45, 2.75) is 38.5 Å². The van der Waals surface area contributed by atoms with Gasteiger partial charge in [0.1, 0.15) is 0 Å². The zero-order chi connectivity index (χ0) is 39.6. The standard InChI is InChI=1S/C58H43N/c1-57(2)51-21-9-7-17-46(51)49-34-41(28-31-53(49)57)59(42-29-32-54-50(35-42)47-18-8-10-22-52(47)58(54,3)4)40-15-11-14-39(33-40)43-19-12-20-48-45(43)30-27-38-26-25-37-24-23-36-13-5-6-16-44(36)55(37)56(38)48/h5-35H,1-4H3. The summed E-state index contributed by atoms with van der Waals surface area (Å²) in [6.07, 6.45) is 0. The molecule has 0 amide bonds. The van der Waals surface area contributed by atoms with Crippen molar-refractivity contribution in [2.75, 3.05) is 4.90 Å². The van der Waals surface area contributed by atoms with Crippen LogP contribution in [0, 0.1) is 0 Å². The molecule has 0 saturated carbocycles. The van der Waals surface area contributed by atoms with Crippen LogP contribution in [0.25, 0.3) is 76.5 Å². The molecule has 1 heteroatoms. The fourth-order valence-electron chi connectivity index (χ4n) is 10.9. The van der Waals surface area contributed by atoms with Gasteiger partial charge in [-0.25, -0.2) is 0 Å². The van der Waals surface area contributed by atoms with Crippen molar-refractivity contribution < 1.29 is 0 Å². The molecule has 280 valence electrons. The molecule has 0 heterocycles. The van der Waals surface area contributed by atoms with Crippen LogP contribution in [0.1, 0.15) is 49.9 Å². The van der Waals surface area contributed by atoms with E-state index in [0.29, 0.717) is 0 Å². The van der Waals surface area contributed by atoms with Gasteiger partial charge in [-0.05, 0) is 135 Å². The highest BCUT2D eigenvalue weighted by atomic mass is 15.1. The summed E-state index contributed by atoms with van der Waals surface area (Å²) >= 11 is 0. The monoisotopic (exact) mass is 753 g/mol. The van der Waals surface area contributed by atoms with Gasteiger partial charge in [0.2, 0.25) is 0 Å². The lowest BCUT2D eigenvalue weighted by Crippen LogP contribution is -2.16. The maximum Gasteiger partial charge on any atom is 0.0468 e. The summed E-state index contributed by atoms with van der Waals surface area (Å²) in [5.41, 5.74) is 16.6. The van der Waals surface area contributed by atoms with Crippen molar-refractivity contribution in [3.05, 3.63) is 210 Å². The lowest BCUT2D eigenvalue weighted by molar-refractivity contribution is 0.660. The van der Waals surface area contributed by atoms with Crippen molar-refractivity contribution >= 4 is 60.2 Å². The van der Waals surface area contributed by atoms with E-state index in [1.165, 1.54) is 98.7 Å². The summed E-state index contributed by atoms with van der Waals surface area (Å²) in [6, 6.07) is 70.7. The summed E-state index contributed by atoms with van der Waals surface area (Å²) < 4.78 is 0. The fourth-order valence-corrected chi connectivity index (χ4v) is 10.9. The van der Waals surface area contributed by atoms with Gasteiger partial charge in [0.25, 0.3) is 0 Å². The molecule has 0 N–H and O–H groups in total. The van der Waals surface area contributed by atoms with Crippen molar-refractivity contribution in [1.29, 1.82) is 0 Å². The first-order valence-electron chi connectivity index (χ1n) is 20.9. The molecule has 1 nitrogen and oxygen atoms in total. The first-order valence-corrected chi connectivity index (χ1v) is 20.9. The molecule has 0 unspecified atom stereocenters. The predicted molar refractivity (Wildman–Crippen MR) is 252 cm³/mol. The quantitative estimate of drug-likeness (QED) is 0.162. The smallest absolute Gasteiger partial charge is 0.0468 e. The molecule has 10 aromatic rings. The normalized spacial score (nSPS) is 14.4. The number of rotatable bonds is 4. The minimum Gasteiger partial charge on any atom is -0.310 e. The second-order valence-electron chi connectivity index (χ2n) is 17.7. The van der Waals surface area contributed by atoms with Crippen molar-refractivity contribution in [3.63, 3.8) is 0 Å². The molecular weight excluding hydrogens is 711 g/mol. The average Bonchev–Trinajstić information content (AvgIpc) is 3.65. The molecule has 0 atom stereocenters. The summed E-state index contributed by atoms with van der Waals surface area (Å²) in [7, 11) is 0. The Morgan fingerprint density at radius 2 is 0.780 bits per heavy atom. The van der Waals surface area contributed by atoms with Crippen LogP contribution in [0.15, 0.2) is 188 Å². The molecule has 0 bridgehead atoms. The van der Waals surface area contributed by atoms with E-state index < -0.39 is 0 Å². The van der Waals surface area contributed by atoms with E-state index in [1.54, 1.807) is 0 Å². The van der Waals surface area contributed by atoms with Crippen LogP contribution in [-0.4, -0.2) is 0 Å². The van der Waals surface area contributed by atoms with Gasteiger partial charge in [0, 0.05) is 27.9 Å². The van der Waals surface area contributed by atoms with Crippen LogP contribution in [0.2, 0.25) is 0 Å². The van der Waals surface area contributed by atoms with Gasteiger partial charge in [-0.1, -0.05) is 179 Å². The van der Waals surface area contributed by atoms with Crippen LogP contribution in [0.5, 0.6) is 0 Å². The first-order chi connectivity index (χ1) is 28.8. The lowest BCUT2D eigenvalue weighted by atomic mass is 9.82. The van der Waals surface area contributed by atoms with E-state index in [0.717, 1.165) is 17.1 Å². The van der Waals surface area contributed by atoms with Gasteiger partial charge in [-0.15, -0.1) is 0 Å². The average molecular weight is 754 g/mol. The number of hydrogen-bond acceptors (Lipinski definition) is 1. The highest BCUT2D eigenvalue weighted by Gasteiger charge is 2.37. The minimum absolute atomic E-state index is 0.0613.